The van der Waals surface area contributed by atoms with Crippen molar-refractivity contribution >= 4 is 11.8 Å². The summed E-state index contributed by atoms with van der Waals surface area (Å²) in [7, 11) is 0. The predicted molar refractivity (Wildman–Crippen MR) is 95.5 cm³/mol. The molecule has 0 bridgehead atoms. The Morgan fingerprint density at radius 1 is 1.09 bits per heavy atom. The number of hydrogen-bond acceptors (Lipinski definition) is 3. The van der Waals surface area contributed by atoms with Crippen LogP contribution in [0.1, 0.15) is 44.6 Å². The quantitative estimate of drug-likeness (QED) is 0.758. The molecule has 2 saturated carbocycles. The highest BCUT2D eigenvalue weighted by molar-refractivity contribution is 7.99. The van der Waals surface area contributed by atoms with Crippen LogP contribution in [0.15, 0.2) is 47.6 Å². The number of nitrogens with zero attached hydrogens (tertiary/aromatic N) is 1. The molecule has 0 atom stereocenters. The fraction of sp³-hybridized carbons (Fsp3) is 0.450. The van der Waals surface area contributed by atoms with Crippen molar-refractivity contribution in [3.63, 3.8) is 0 Å². The molecule has 120 valence electrons. The Morgan fingerprint density at radius 3 is 2.43 bits per heavy atom. The SMILES string of the molecule is CCC1(CSc2ccncc2-c2ccc(C3(O)CC3)cc2)CC1. The Kier molecular flexibility index (Phi) is 3.73. The average Bonchev–Trinajstić information content (AvgIpc) is 3.52. The lowest BCUT2D eigenvalue weighted by atomic mass is 10.0. The molecule has 0 aliphatic heterocycles. The largest absolute Gasteiger partial charge is 0.385 e. The van der Waals surface area contributed by atoms with Crippen molar-refractivity contribution in [3.8, 4) is 11.1 Å². The zero-order valence-corrected chi connectivity index (χ0v) is 14.4. The first-order chi connectivity index (χ1) is 11.1. The van der Waals surface area contributed by atoms with E-state index in [0.29, 0.717) is 5.41 Å². The zero-order chi connectivity index (χ0) is 15.9. The molecule has 0 amide bonds. The molecule has 1 heterocycles. The van der Waals surface area contributed by atoms with Gasteiger partial charge in [-0.05, 0) is 54.7 Å². The van der Waals surface area contributed by atoms with Crippen molar-refractivity contribution in [3.05, 3.63) is 48.3 Å². The van der Waals surface area contributed by atoms with E-state index in [2.05, 4.69) is 42.2 Å². The van der Waals surface area contributed by atoms with Crippen LogP contribution < -0.4 is 0 Å². The number of aromatic nitrogens is 1. The summed E-state index contributed by atoms with van der Waals surface area (Å²) in [5, 5.41) is 10.2. The van der Waals surface area contributed by atoms with Gasteiger partial charge in [-0.15, -0.1) is 11.8 Å². The van der Waals surface area contributed by atoms with Gasteiger partial charge >= 0.3 is 0 Å². The van der Waals surface area contributed by atoms with Gasteiger partial charge in [0.1, 0.15) is 0 Å². The van der Waals surface area contributed by atoms with Gasteiger partial charge in [0.05, 0.1) is 5.60 Å². The Morgan fingerprint density at radius 2 is 1.83 bits per heavy atom. The molecule has 2 aliphatic carbocycles. The lowest BCUT2D eigenvalue weighted by Gasteiger charge is -2.14. The molecule has 23 heavy (non-hydrogen) atoms. The van der Waals surface area contributed by atoms with Gasteiger partial charge in [0.2, 0.25) is 0 Å². The molecule has 4 rings (SSSR count). The highest BCUT2D eigenvalue weighted by Gasteiger charge is 2.42. The molecule has 1 aromatic heterocycles. The third kappa shape index (κ3) is 3.05. The molecule has 0 saturated heterocycles. The fourth-order valence-electron chi connectivity index (χ4n) is 3.10. The number of rotatable bonds is 6. The van der Waals surface area contributed by atoms with Crippen LogP contribution in [0, 0.1) is 5.41 Å². The summed E-state index contributed by atoms with van der Waals surface area (Å²) in [6.07, 6.45) is 9.67. The summed E-state index contributed by atoms with van der Waals surface area (Å²) in [4.78, 5) is 5.64. The van der Waals surface area contributed by atoms with Crippen molar-refractivity contribution < 1.29 is 5.11 Å². The Hall–Kier alpha value is -1.32. The molecular formula is C20H23NOS. The van der Waals surface area contributed by atoms with Crippen molar-refractivity contribution in [1.82, 2.24) is 4.98 Å². The van der Waals surface area contributed by atoms with E-state index in [4.69, 9.17) is 0 Å². The van der Waals surface area contributed by atoms with E-state index in [-0.39, 0.29) is 0 Å². The number of aliphatic hydroxyl groups is 1. The molecule has 2 fully saturated rings. The maximum Gasteiger partial charge on any atom is 0.0899 e. The highest BCUT2D eigenvalue weighted by Crippen LogP contribution is 2.52. The third-order valence-corrected chi connectivity index (χ3v) is 6.90. The van der Waals surface area contributed by atoms with E-state index in [1.54, 1.807) is 0 Å². The number of pyridine rings is 1. The van der Waals surface area contributed by atoms with Crippen LogP contribution in [-0.2, 0) is 5.60 Å². The summed E-state index contributed by atoms with van der Waals surface area (Å²) in [6.45, 7) is 2.31. The fourth-order valence-corrected chi connectivity index (χ4v) is 4.54. The number of benzene rings is 1. The molecule has 2 nitrogen and oxygen atoms in total. The maximum absolute atomic E-state index is 10.2. The van der Waals surface area contributed by atoms with Crippen molar-refractivity contribution in [2.45, 2.75) is 49.5 Å². The molecule has 2 aromatic rings. The van der Waals surface area contributed by atoms with Gasteiger partial charge in [-0.25, -0.2) is 0 Å². The monoisotopic (exact) mass is 325 g/mol. The zero-order valence-electron chi connectivity index (χ0n) is 13.6. The standard InChI is InChI=1S/C20H23NOS/c1-2-19(8-9-19)14-23-18-7-12-21-13-17(18)15-3-5-16(6-4-15)20(22)10-11-20/h3-7,12-13,22H,2,8-11,14H2,1H3. The minimum atomic E-state index is -0.551. The molecule has 2 aliphatic rings. The van der Waals surface area contributed by atoms with Crippen LogP contribution in [0.25, 0.3) is 11.1 Å². The van der Waals surface area contributed by atoms with Gasteiger partial charge in [0.25, 0.3) is 0 Å². The van der Waals surface area contributed by atoms with Gasteiger partial charge in [-0.1, -0.05) is 31.2 Å². The molecule has 0 unspecified atom stereocenters. The summed E-state index contributed by atoms with van der Waals surface area (Å²) in [5.41, 5.74) is 3.48. The predicted octanol–water partition coefficient (Wildman–Crippen LogP) is 5.01. The van der Waals surface area contributed by atoms with E-state index in [1.807, 2.05) is 24.2 Å². The van der Waals surface area contributed by atoms with Gasteiger partial charge in [0.15, 0.2) is 0 Å². The normalized spacial score (nSPS) is 20.3. The van der Waals surface area contributed by atoms with Crippen LogP contribution in [0.3, 0.4) is 0 Å². The lowest BCUT2D eigenvalue weighted by molar-refractivity contribution is 0.151. The Labute approximate surface area is 142 Å². The van der Waals surface area contributed by atoms with Crippen LogP contribution in [0.4, 0.5) is 0 Å². The van der Waals surface area contributed by atoms with Crippen LogP contribution in [-0.4, -0.2) is 15.8 Å². The molecule has 0 radical (unpaired) electrons. The molecule has 0 spiro atoms. The van der Waals surface area contributed by atoms with Crippen LogP contribution in [0.2, 0.25) is 0 Å². The lowest BCUT2D eigenvalue weighted by Crippen LogP contribution is -2.03. The van der Waals surface area contributed by atoms with Crippen molar-refractivity contribution in [1.29, 1.82) is 0 Å². The van der Waals surface area contributed by atoms with E-state index in [9.17, 15) is 5.11 Å². The smallest absolute Gasteiger partial charge is 0.0899 e. The molecule has 3 heteroatoms. The van der Waals surface area contributed by atoms with Crippen LogP contribution in [0.5, 0.6) is 0 Å². The van der Waals surface area contributed by atoms with E-state index in [0.717, 1.165) is 18.4 Å². The van der Waals surface area contributed by atoms with E-state index < -0.39 is 5.60 Å². The second-order valence-corrected chi connectivity index (χ2v) is 8.14. The minimum absolute atomic E-state index is 0.551. The topological polar surface area (TPSA) is 33.1 Å². The van der Waals surface area contributed by atoms with Gasteiger partial charge in [-0.2, -0.15) is 0 Å². The van der Waals surface area contributed by atoms with E-state index >= 15 is 0 Å². The molecule has 1 N–H and O–H groups in total. The molecule has 1 aromatic carbocycles. The van der Waals surface area contributed by atoms with Gasteiger partial charge < -0.3 is 5.11 Å². The first-order valence-corrected chi connectivity index (χ1v) is 9.53. The number of hydrogen-bond donors (Lipinski definition) is 1. The second-order valence-electron chi connectivity index (χ2n) is 7.12. The van der Waals surface area contributed by atoms with Crippen molar-refractivity contribution in [2.75, 3.05) is 5.75 Å². The van der Waals surface area contributed by atoms with Crippen molar-refractivity contribution in [2.24, 2.45) is 5.41 Å². The van der Waals surface area contributed by atoms with E-state index in [1.165, 1.54) is 41.0 Å². The second kappa shape index (κ2) is 5.64. The maximum atomic E-state index is 10.2. The summed E-state index contributed by atoms with van der Waals surface area (Å²) < 4.78 is 0. The van der Waals surface area contributed by atoms with Crippen LogP contribution >= 0.6 is 11.8 Å². The number of thioether (sulfide) groups is 1. The average molecular weight is 325 g/mol. The van der Waals surface area contributed by atoms with Gasteiger partial charge in [0, 0.05) is 28.6 Å². The molecular weight excluding hydrogens is 302 g/mol. The Bertz CT molecular complexity index is 702. The minimum Gasteiger partial charge on any atom is -0.385 e. The first kappa shape index (κ1) is 15.2. The van der Waals surface area contributed by atoms with Gasteiger partial charge in [-0.3, -0.25) is 4.98 Å². The summed E-state index contributed by atoms with van der Waals surface area (Å²) in [6, 6.07) is 10.5. The third-order valence-electron chi connectivity index (χ3n) is 5.48. The first-order valence-electron chi connectivity index (χ1n) is 8.54. The summed E-state index contributed by atoms with van der Waals surface area (Å²) in [5.74, 6) is 1.21. The highest BCUT2D eigenvalue weighted by atomic mass is 32.2. The summed E-state index contributed by atoms with van der Waals surface area (Å²) >= 11 is 1.97. The Balaban J connectivity index is 1.56.